The molecule has 0 N–H and O–H groups in total. The predicted octanol–water partition coefficient (Wildman–Crippen LogP) is 0.395. The van der Waals surface area contributed by atoms with Gasteiger partial charge in [0.25, 0.3) is 0 Å². The van der Waals surface area contributed by atoms with Gasteiger partial charge in [-0.25, -0.2) is 0 Å². The Morgan fingerprint density at radius 3 is 2.69 bits per heavy atom. The normalized spacial score (nSPS) is 17.6. The average molecular weight is 182 g/mol. The van der Waals surface area contributed by atoms with Crippen LogP contribution >= 0.6 is 0 Å². The number of carbonyl (C=O) groups excluding carboxylic acids is 1. The number of hydrogen-bond donors (Lipinski definition) is 0. The van der Waals surface area contributed by atoms with Gasteiger partial charge in [0.1, 0.15) is 5.41 Å². The zero-order chi connectivity index (χ0) is 9.90. The second-order valence-corrected chi connectivity index (χ2v) is 3.41. The number of likely N-dealkylation sites (N-methyl/N-ethyl adjacent to an activating group) is 1. The van der Waals surface area contributed by atoms with Gasteiger partial charge >= 0.3 is 0 Å². The summed E-state index contributed by atoms with van der Waals surface area (Å²) < 4.78 is 4.85. The molecule has 13 heavy (non-hydrogen) atoms. The van der Waals surface area contributed by atoms with Crippen LogP contribution in [0.1, 0.15) is 12.8 Å². The van der Waals surface area contributed by atoms with Crippen molar-refractivity contribution in [1.29, 1.82) is 5.26 Å². The van der Waals surface area contributed by atoms with E-state index in [1.165, 1.54) is 0 Å². The third kappa shape index (κ3) is 1.99. The number of nitrogens with zero attached hydrogens (tertiary/aromatic N) is 2. The fraction of sp³-hybridized carbons (Fsp3) is 0.778. The summed E-state index contributed by atoms with van der Waals surface area (Å²) in [5.41, 5.74) is -0.692. The molecule has 1 saturated carbocycles. The number of amides is 1. The minimum Gasteiger partial charge on any atom is -0.383 e. The Kier molecular flexibility index (Phi) is 2.89. The number of hydrogen-bond acceptors (Lipinski definition) is 3. The third-order valence-electron chi connectivity index (χ3n) is 2.35. The first kappa shape index (κ1) is 10.0. The van der Waals surface area contributed by atoms with E-state index in [0.717, 1.165) is 0 Å². The molecule has 0 aromatic heterocycles. The van der Waals surface area contributed by atoms with Gasteiger partial charge in [0, 0.05) is 20.7 Å². The van der Waals surface area contributed by atoms with Gasteiger partial charge in [-0.3, -0.25) is 4.79 Å². The summed E-state index contributed by atoms with van der Waals surface area (Å²) in [6, 6.07) is 2.08. The van der Waals surface area contributed by atoms with Crippen LogP contribution in [-0.4, -0.2) is 38.1 Å². The van der Waals surface area contributed by atoms with Crippen LogP contribution in [0.5, 0.6) is 0 Å². The van der Waals surface area contributed by atoms with Crippen molar-refractivity contribution in [3.8, 4) is 6.07 Å². The highest BCUT2D eigenvalue weighted by Gasteiger charge is 2.51. The Hall–Kier alpha value is -1.08. The molecule has 0 atom stereocenters. The fourth-order valence-electron chi connectivity index (χ4n) is 1.19. The predicted molar refractivity (Wildman–Crippen MR) is 46.8 cm³/mol. The van der Waals surface area contributed by atoms with E-state index in [-0.39, 0.29) is 5.91 Å². The van der Waals surface area contributed by atoms with Crippen LogP contribution in [0.25, 0.3) is 0 Å². The highest BCUT2D eigenvalue weighted by Crippen LogP contribution is 2.46. The van der Waals surface area contributed by atoms with Crippen molar-refractivity contribution in [3.63, 3.8) is 0 Å². The molecule has 0 aromatic carbocycles. The first-order chi connectivity index (χ1) is 6.16. The van der Waals surface area contributed by atoms with Gasteiger partial charge in [-0.15, -0.1) is 0 Å². The van der Waals surface area contributed by atoms with Crippen molar-refractivity contribution in [3.05, 3.63) is 0 Å². The Balaban J connectivity index is 2.44. The van der Waals surface area contributed by atoms with Crippen LogP contribution in [0.3, 0.4) is 0 Å². The van der Waals surface area contributed by atoms with E-state index in [2.05, 4.69) is 6.07 Å². The summed E-state index contributed by atoms with van der Waals surface area (Å²) in [7, 11) is 3.30. The molecular formula is C9H14N2O2. The van der Waals surface area contributed by atoms with E-state index < -0.39 is 5.41 Å². The largest absolute Gasteiger partial charge is 0.383 e. The standard InChI is InChI=1S/C9H14N2O2/c1-11(5-6-13-2)8(12)9(7-10)3-4-9/h3-6H2,1-2H3. The van der Waals surface area contributed by atoms with Crippen LogP contribution in [-0.2, 0) is 9.53 Å². The molecule has 0 heterocycles. The number of carbonyl (C=O) groups is 1. The molecule has 1 rings (SSSR count). The van der Waals surface area contributed by atoms with Crippen molar-refractivity contribution >= 4 is 5.91 Å². The summed E-state index contributed by atoms with van der Waals surface area (Å²) in [4.78, 5) is 13.2. The van der Waals surface area contributed by atoms with Crippen LogP contribution in [0, 0.1) is 16.7 Å². The number of methoxy groups -OCH3 is 1. The maximum Gasteiger partial charge on any atom is 0.242 e. The van der Waals surface area contributed by atoms with Crippen LogP contribution in [0.4, 0.5) is 0 Å². The molecule has 4 nitrogen and oxygen atoms in total. The molecule has 0 bridgehead atoms. The topological polar surface area (TPSA) is 53.3 Å². The lowest BCUT2D eigenvalue weighted by Gasteiger charge is -2.18. The molecule has 1 amide bonds. The summed E-state index contributed by atoms with van der Waals surface area (Å²) >= 11 is 0. The molecule has 1 aliphatic rings. The van der Waals surface area contributed by atoms with E-state index in [9.17, 15) is 4.79 Å². The summed E-state index contributed by atoms with van der Waals surface area (Å²) in [5, 5.41) is 8.77. The molecule has 0 aromatic rings. The zero-order valence-electron chi connectivity index (χ0n) is 8.04. The van der Waals surface area contributed by atoms with Gasteiger partial charge in [-0.05, 0) is 12.8 Å². The molecule has 0 spiro atoms. The molecule has 4 heteroatoms. The molecule has 1 fully saturated rings. The maximum absolute atomic E-state index is 11.6. The van der Waals surface area contributed by atoms with E-state index >= 15 is 0 Å². The summed E-state index contributed by atoms with van der Waals surface area (Å²) in [6.45, 7) is 1.07. The number of nitriles is 1. The minimum absolute atomic E-state index is 0.0629. The second kappa shape index (κ2) is 3.75. The lowest BCUT2D eigenvalue weighted by molar-refractivity contribution is -0.134. The van der Waals surface area contributed by atoms with E-state index in [0.29, 0.717) is 26.0 Å². The first-order valence-electron chi connectivity index (χ1n) is 4.32. The van der Waals surface area contributed by atoms with E-state index in [4.69, 9.17) is 10.00 Å². The van der Waals surface area contributed by atoms with Crippen molar-refractivity contribution in [2.24, 2.45) is 5.41 Å². The van der Waals surface area contributed by atoms with Gasteiger partial charge < -0.3 is 9.64 Å². The maximum atomic E-state index is 11.6. The van der Waals surface area contributed by atoms with Gasteiger partial charge in [-0.1, -0.05) is 0 Å². The van der Waals surface area contributed by atoms with Crippen molar-refractivity contribution in [2.45, 2.75) is 12.8 Å². The van der Waals surface area contributed by atoms with Gasteiger partial charge in [-0.2, -0.15) is 5.26 Å². The highest BCUT2D eigenvalue weighted by molar-refractivity contribution is 5.88. The van der Waals surface area contributed by atoms with E-state index in [1.807, 2.05) is 0 Å². The Morgan fingerprint density at radius 1 is 1.69 bits per heavy atom. The van der Waals surface area contributed by atoms with Crippen LogP contribution < -0.4 is 0 Å². The van der Waals surface area contributed by atoms with E-state index in [1.54, 1.807) is 19.1 Å². The SMILES string of the molecule is COCCN(C)C(=O)C1(C#N)CC1. The molecule has 0 unspecified atom stereocenters. The van der Waals surface area contributed by atoms with Crippen molar-refractivity contribution in [2.75, 3.05) is 27.3 Å². The fourth-order valence-corrected chi connectivity index (χ4v) is 1.19. The van der Waals surface area contributed by atoms with Crippen LogP contribution in [0.15, 0.2) is 0 Å². The Morgan fingerprint density at radius 2 is 2.31 bits per heavy atom. The average Bonchev–Trinajstić information content (AvgIpc) is 2.93. The second-order valence-electron chi connectivity index (χ2n) is 3.41. The first-order valence-corrected chi connectivity index (χ1v) is 4.32. The van der Waals surface area contributed by atoms with Gasteiger partial charge in [0.05, 0.1) is 12.7 Å². The Labute approximate surface area is 78.1 Å². The third-order valence-corrected chi connectivity index (χ3v) is 2.35. The van der Waals surface area contributed by atoms with Crippen molar-refractivity contribution < 1.29 is 9.53 Å². The molecule has 72 valence electrons. The molecule has 0 aliphatic heterocycles. The highest BCUT2D eigenvalue weighted by atomic mass is 16.5. The monoisotopic (exact) mass is 182 g/mol. The molecule has 0 radical (unpaired) electrons. The molecule has 1 aliphatic carbocycles. The van der Waals surface area contributed by atoms with Gasteiger partial charge in [0.2, 0.25) is 5.91 Å². The Bertz CT molecular complexity index is 240. The van der Waals surface area contributed by atoms with Gasteiger partial charge in [0.15, 0.2) is 0 Å². The zero-order valence-corrected chi connectivity index (χ0v) is 8.04. The lowest BCUT2D eigenvalue weighted by atomic mass is 10.1. The van der Waals surface area contributed by atoms with Crippen molar-refractivity contribution in [1.82, 2.24) is 4.90 Å². The quantitative estimate of drug-likeness (QED) is 0.632. The number of rotatable bonds is 4. The molecule has 0 saturated heterocycles. The summed E-state index contributed by atoms with van der Waals surface area (Å²) in [6.07, 6.45) is 1.42. The van der Waals surface area contributed by atoms with Crippen LogP contribution in [0.2, 0.25) is 0 Å². The molecular weight excluding hydrogens is 168 g/mol. The minimum atomic E-state index is -0.692. The summed E-state index contributed by atoms with van der Waals surface area (Å²) in [5.74, 6) is -0.0629. The smallest absolute Gasteiger partial charge is 0.242 e. The lowest BCUT2D eigenvalue weighted by Crippen LogP contribution is -2.35. The number of ether oxygens (including phenoxy) is 1.